The van der Waals surface area contributed by atoms with Crippen molar-refractivity contribution in [3.63, 3.8) is 0 Å². The average molecular weight is 294 g/mol. The molecule has 1 aromatic heterocycles. The standard InChI is InChI=1S/C14H22N4O3/c1-4-18-7-10(5-16-18)14(20)17-6-11(9-21-3)12(8-17)13(19)15-2/h5,7,11-12H,4,6,8-9H2,1-3H3,(H,15,19)/t11-,12+/m0/s1. The number of carbonyl (C=O) groups excluding carboxylic acids is 2. The Hall–Kier alpha value is -1.89. The van der Waals surface area contributed by atoms with E-state index in [0.29, 0.717) is 25.3 Å². The second-order valence-corrected chi connectivity index (χ2v) is 5.23. The number of hydrogen-bond donors (Lipinski definition) is 1. The Morgan fingerprint density at radius 1 is 1.48 bits per heavy atom. The van der Waals surface area contributed by atoms with Gasteiger partial charge in [-0.15, -0.1) is 0 Å². The highest BCUT2D eigenvalue weighted by atomic mass is 16.5. The van der Waals surface area contributed by atoms with E-state index < -0.39 is 0 Å². The summed E-state index contributed by atoms with van der Waals surface area (Å²) in [4.78, 5) is 26.1. The van der Waals surface area contributed by atoms with Crippen molar-refractivity contribution in [2.75, 3.05) is 33.9 Å². The van der Waals surface area contributed by atoms with E-state index in [1.807, 2.05) is 6.92 Å². The number of likely N-dealkylation sites (tertiary alicyclic amines) is 1. The summed E-state index contributed by atoms with van der Waals surface area (Å²) in [6.45, 7) is 4.11. The Morgan fingerprint density at radius 3 is 2.81 bits per heavy atom. The van der Waals surface area contributed by atoms with E-state index in [2.05, 4.69) is 10.4 Å². The summed E-state index contributed by atoms with van der Waals surface area (Å²) in [5, 5.41) is 6.78. The lowest BCUT2D eigenvalue weighted by Crippen LogP contribution is -2.34. The fourth-order valence-electron chi connectivity index (χ4n) is 2.73. The second kappa shape index (κ2) is 6.71. The van der Waals surface area contributed by atoms with E-state index >= 15 is 0 Å². The second-order valence-electron chi connectivity index (χ2n) is 5.23. The number of amides is 2. The molecule has 21 heavy (non-hydrogen) atoms. The van der Waals surface area contributed by atoms with E-state index in [9.17, 15) is 9.59 Å². The van der Waals surface area contributed by atoms with E-state index in [4.69, 9.17) is 4.74 Å². The fraction of sp³-hybridized carbons (Fsp3) is 0.643. The first-order valence-corrected chi connectivity index (χ1v) is 7.13. The minimum absolute atomic E-state index is 0.0279. The van der Waals surface area contributed by atoms with E-state index in [1.54, 1.807) is 36.1 Å². The van der Waals surface area contributed by atoms with Crippen LogP contribution in [0.25, 0.3) is 0 Å². The average Bonchev–Trinajstić information content (AvgIpc) is 3.13. The van der Waals surface area contributed by atoms with Gasteiger partial charge in [0.15, 0.2) is 0 Å². The Morgan fingerprint density at radius 2 is 2.24 bits per heavy atom. The van der Waals surface area contributed by atoms with Crippen molar-refractivity contribution in [3.8, 4) is 0 Å². The fourth-order valence-corrected chi connectivity index (χ4v) is 2.73. The number of hydrogen-bond acceptors (Lipinski definition) is 4. The highest BCUT2D eigenvalue weighted by Crippen LogP contribution is 2.25. The molecule has 0 aliphatic carbocycles. The maximum atomic E-state index is 12.5. The molecule has 7 heteroatoms. The van der Waals surface area contributed by atoms with Crippen LogP contribution >= 0.6 is 0 Å². The van der Waals surface area contributed by atoms with Gasteiger partial charge in [-0.25, -0.2) is 0 Å². The van der Waals surface area contributed by atoms with Gasteiger partial charge < -0.3 is 15.0 Å². The molecule has 2 amide bonds. The van der Waals surface area contributed by atoms with Crippen LogP contribution in [0.2, 0.25) is 0 Å². The van der Waals surface area contributed by atoms with Gasteiger partial charge in [0, 0.05) is 45.9 Å². The molecule has 1 fully saturated rings. The van der Waals surface area contributed by atoms with Gasteiger partial charge in [0.25, 0.3) is 5.91 Å². The van der Waals surface area contributed by atoms with Gasteiger partial charge in [-0.2, -0.15) is 5.10 Å². The molecule has 2 rings (SSSR count). The Bertz CT molecular complexity index is 514. The zero-order chi connectivity index (χ0) is 15.4. The third-order valence-electron chi connectivity index (χ3n) is 3.90. The minimum Gasteiger partial charge on any atom is -0.384 e. The molecule has 2 heterocycles. The first kappa shape index (κ1) is 15.5. The van der Waals surface area contributed by atoms with E-state index in [0.717, 1.165) is 6.54 Å². The van der Waals surface area contributed by atoms with Crippen LogP contribution in [0, 0.1) is 11.8 Å². The Labute approximate surface area is 124 Å². The molecule has 2 atom stereocenters. The summed E-state index contributed by atoms with van der Waals surface area (Å²) in [5.41, 5.74) is 0.561. The molecule has 0 unspecified atom stereocenters. The monoisotopic (exact) mass is 294 g/mol. The summed E-state index contributed by atoms with van der Waals surface area (Å²) < 4.78 is 6.89. The number of rotatable bonds is 5. The first-order chi connectivity index (χ1) is 10.1. The SMILES string of the molecule is CCn1cc(C(=O)N2C[C@@H](COC)[C@H](C(=O)NC)C2)cn1. The van der Waals surface area contributed by atoms with Crippen LogP contribution in [-0.4, -0.2) is 60.3 Å². The summed E-state index contributed by atoms with van der Waals surface area (Å²) >= 11 is 0. The van der Waals surface area contributed by atoms with Gasteiger partial charge in [0.05, 0.1) is 24.3 Å². The van der Waals surface area contributed by atoms with Gasteiger partial charge in [-0.1, -0.05) is 0 Å². The smallest absolute Gasteiger partial charge is 0.257 e. The summed E-state index contributed by atoms with van der Waals surface area (Å²) in [6, 6.07) is 0. The van der Waals surface area contributed by atoms with Crippen molar-refractivity contribution in [1.82, 2.24) is 20.0 Å². The Balaban J connectivity index is 2.10. The summed E-state index contributed by atoms with van der Waals surface area (Å²) in [5.74, 6) is -0.320. The molecule has 0 saturated carbocycles. The number of nitrogens with one attached hydrogen (secondary N) is 1. The lowest BCUT2D eigenvalue weighted by Gasteiger charge is -2.14. The van der Waals surface area contributed by atoms with Crippen LogP contribution in [0.5, 0.6) is 0 Å². The lowest BCUT2D eigenvalue weighted by molar-refractivity contribution is -0.125. The van der Waals surface area contributed by atoms with Crippen LogP contribution in [-0.2, 0) is 16.1 Å². The molecule has 1 aliphatic rings. The van der Waals surface area contributed by atoms with Crippen LogP contribution in [0.15, 0.2) is 12.4 Å². The number of carbonyl (C=O) groups is 2. The highest BCUT2D eigenvalue weighted by molar-refractivity contribution is 5.94. The molecule has 0 bridgehead atoms. The molecule has 0 aromatic carbocycles. The van der Waals surface area contributed by atoms with Gasteiger partial charge in [0.1, 0.15) is 0 Å². The van der Waals surface area contributed by atoms with Crippen LogP contribution in [0.4, 0.5) is 0 Å². The number of ether oxygens (including phenoxy) is 1. The maximum absolute atomic E-state index is 12.5. The third-order valence-corrected chi connectivity index (χ3v) is 3.90. The summed E-state index contributed by atoms with van der Waals surface area (Å²) in [6.07, 6.45) is 3.31. The van der Waals surface area contributed by atoms with Crippen molar-refractivity contribution in [3.05, 3.63) is 18.0 Å². The third kappa shape index (κ3) is 3.24. The number of nitrogens with zero attached hydrogens (tertiary/aromatic N) is 3. The molecular formula is C14H22N4O3. The van der Waals surface area contributed by atoms with Gasteiger partial charge in [0.2, 0.25) is 5.91 Å². The zero-order valence-electron chi connectivity index (χ0n) is 12.7. The molecule has 1 N–H and O–H groups in total. The molecule has 0 radical (unpaired) electrons. The van der Waals surface area contributed by atoms with Crippen molar-refractivity contribution in [2.24, 2.45) is 11.8 Å². The van der Waals surface area contributed by atoms with Crippen molar-refractivity contribution in [2.45, 2.75) is 13.5 Å². The summed E-state index contributed by atoms with van der Waals surface area (Å²) in [7, 11) is 3.22. The van der Waals surface area contributed by atoms with Crippen LogP contribution < -0.4 is 5.32 Å². The maximum Gasteiger partial charge on any atom is 0.257 e. The largest absolute Gasteiger partial charge is 0.384 e. The molecular weight excluding hydrogens is 272 g/mol. The number of aryl methyl sites for hydroxylation is 1. The molecule has 7 nitrogen and oxygen atoms in total. The van der Waals surface area contributed by atoms with Gasteiger partial charge in [-0.05, 0) is 6.92 Å². The molecule has 1 aliphatic heterocycles. The lowest BCUT2D eigenvalue weighted by atomic mass is 9.96. The van der Waals surface area contributed by atoms with Crippen molar-refractivity contribution in [1.29, 1.82) is 0 Å². The van der Waals surface area contributed by atoms with Gasteiger partial charge in [-0.3, -0.25) is 14.3 Å². The molecule has 116 valence electrons. The topological polar surface area (TPSA) is 76.5 Å². The predicted molar refractivity (Wildman–Crippen MR) is 76.7 cm³/mol. The molecule has 0 spiro atoms. The quantitative estimate of drug-likeness (QED) is 0.828. The minimum atomic E-state index is -0.222. The number of methoxy groups -OCH3 is 1. The van der Waals surface area contributed by atoms with E-state index in [1.165, 1.54) is 0 Å². The van der Waals surface area contributed by atoms with Crippen molar-refractivity contribution >= 4 is 11.8 Å². The molecule has 1 aromatic rings. The van der Waals surface area contributed by atoms with Crippen LogP contribution in [0.1, 0.15) is 17.3 Å². The van der Waals surface area contributed by atoms with E-state index in [-0.39, 0.29) is 23.7 Å². The highest BCUT2D eigenvalue weighted by Gasteiger charge is 2.39. The zero-order valence-corrected chi connectivity index (χ0v) is 12.7. The number of aromatic nitrogens is 2. The predicted octanol–water partition coefficient (Wildman–Crippen LogP) is -0.0164. The Kier molecular flexibility index (Phi) is 4.95. The van der Waals surface area contributed by atoms with Crippen molar-refractivity contribution < 1.29 is 14.3 Å². The normalized spacial score (nSPS) is 21.6. The van der Waals surface area contributed by atoms with Gasteiger partial charge >= 0.3 is 0 Å². The molecule has 1 saturated heterocycles. The first-order valence-electron chi connectivity index (χ1n) is 7.13. The van der Waals surface area contributed by atoms with Crippen LogP contribution in [0.3, 0.4) is 0 Å².